The van der Waals surface area contributed by atoms with Crippen LogP contribution in [0.2, 0.25) is 0 Å². The molecule has 1 aromatic rings. The Morgan fingerprint density at radius 1 is 1.20 bits per heavy atom. The maximum atomic E-state index is 12.6. The molecule has 4 heteroatoms. The first kappa shape index (κ1) is 13.7. The summed E-state index contributed by atoms with van der Waals surface area (Å²) in [6.07, 6.45) is 10.3. The number of rotatable bonds is 2. The summed E-state index contributed by atoms with van der Waals surface area (Å²) in [6.45, 7) is 0.803. The van der Waals surface area contributed by atoms with Crippen molar-refractivity contribution in [1.82, 2.24) is 4.90 Å². The smallest absolute Gasteiger partial charge is 0.257 e. The summed E-state index contributed by atoms with van der Waals surface area (Å²) >= 11 is 0. The highest BCUT2D eigenvalue weighted by Gasteiger charge is 2.37. The van der Waals surface area contributed by atoms with E-state index in [9.17, 15) is 9.90 Å². The maximum Gasteiger partial charge on any atom is 0.257 e. The van der Waals surface area contributed by atoms with Gasteiger partial charge in [0.1, 0.15) is 6.26 Å². The van der Waals surface area contributed by atoms with Gasteiger partial charge in [-0.25, -0.2) is 0 Å². The van der Waals surface area contributed by atoms with Crippen LogP contribution in [0.15, 0.2) is 23.0 Å². The van der Waals surface area contributed by atoms with E-state index in [0.29, 0.717) is 5.56 Å². The Labute approximate surface area is 119 Å². The van der Waals surface area contributed by atoms with Gasteiger partial charge >= 0.3 is 0 Å². The Morgan fingerprint density at radius 2 is 2.00 bits per heavy atom. The van der Waals surface area contributed by atoms with Crippen LogP contribution in [0, 0.1) is 5.92 Å². The Hall–Kier alpha value is -1.29. The van der Waals surface area contributed by atoms with Crippen LogP contribution >= 0.6 is 0 Å². The average Bonchev–Trinajstić information content (AvgIpc) is 3.01. The summed E-state index contributed by atoms with van der Waals surface area (Å²) < 4.78 is 5.03. The second-order valence-corrected chi connectivity index (χ2v) is 6.09. The number of furan rings is 1. The number of nitrogens with zero attached hydrogens (tertiary/aromatic N) is 1. The van der Waals surface area contributed by atoms with Crippen molar-refractivity contribution >= 4 is 5.91 Å². The predicted octanol–water partition coefficient (Wildman–Crippen LogP) is 2.83. The molecule has 1 aliphatic heterocycles. The molecule has 1 saturated carbocycles. The largest absolute Gasteiger partial charge is 0.472 e. The zero-order chi connectivity index (χ0) is 13.9. The molecule has 0 bridgehead atoms. The Kier molecular flexibility index (Phi) is 4.10. The molecule has 0 radical (unpaired) electrons. The zero-order valence-electron chi connectivity index (χ0n) is 11.8. The number of carbonyl (C=O) groups is 1. The van der Waals surface area contributed by atoms with Crippen molar-refractivity contribution in [2.24, 2.45) is 5.92 Å². The van der Waals surface area contributed by atoms with Crippen LogP contribution in [0.1, 0.15) is 55.3 Å². The molecule has 1 aromatic heterocycles. The van der Waals surface area contributed by atoms with E-state index in [1.165, 1.54) is 12.7 Å². The normalized spacial score (nSPS) is 31.2. The Morgan fingerprint density at radius 3 is 2.75 bits per heavy atom. The minimum absolute atomic E-state index is 0.0567. The van der Waals surface area contributed by atoms with Crippen LogP contribution in [0.4, 0.5) is 0 Å². The third kappa shape index (κ3) is 2.62. The first-order chi connectivity index (χ1) is 9.77. The van der Waals surface area contributed by atoms with Crippen LogP contribution in [0.5, 0.6) is 0 Å². The highest BCUT2D eigenvalue weighted by atomic mass is 16.3. The fourth-order valence-electron chi connectivity index (χ4n) is 3.80. The highest BCUT2D eigenvalue weighted by molar-refractivity contribution is 5.94. The van der Waals surface area contributed by atoms with Gasteiger partial charge in [0.05, 0.1) is 17.9 Å². The van der Waals surface area contributed by atoms with E-state index in [4.69, 9.17) is 4.42 Å². The van der Waals surface area contributed by atoms with Crippen molar-refractivity contribution in [3.63, 3.8) is 0 Å². The van der Waals surface area contributed by atoms with Crippen molar-refractivity contribution in [2.75, 3.05) is 6.54 Å². The predicted molar refractivity (Wildman–Crippen MR) is 75.3 cm³/mol. The molecule has 2 aliphatic rings. The molecule has 3 unspecified atom stereocenters. The SMILES string of the molecule is O=C(c1ccoc1)N1CCCCC1C1CCCCC1O. The third-order valence-electron chi connectivity index (χ3n) is 4.85. The summed E-state index contributed by atoms with van der Waals surface area (Å²) in [5.74, 6) is 0.307. The van der Waals surface area contributed by atoms with E-state index in [0.717, 1.165) is 45.1 Å². The van der Waals surface area contributed by atoms with Crippen molar-refractivity contribution in [1.29, 1.82) is 0 Å². The lowest BCUT2D eigenvalue weighted by atomic mass is 9.78. The van der Waals surface area contributed by atoms with E-state index in [1.807, 2.05) is 4.90 Å². The first-order valence-electron chi connectivity index (χ1n) is 7.78. The highest BCUT2D eigenvalue weighted by Crippen LogP contribution is 2.34. The molecule has 2 heterocycles. The van der Waals surface area contributed by atoms with Crippen LogP contribution in [-0.2, 0) is 0 Å². The zero-order valence-corrected chi connectivity index (χ0v) is 11.8. The van der Waals surface area contributed by atoms with Crippen LogP contribution in [-0.4, -0.2) is 34.6 Å². The lowest BCUT2D eigenvalue weighted by Crippen LogP contribution is -2.51. The number of piperidine rings is 1. The van der Waals surface area contributed by atoms with Gasteiger partial charge in [0.15, 0.2) is 0 Å². The van der Waals surface area contributed by atoms with Gasteiger partial charge in [0.2, 0.25) is 0 Å². The molecular formula is C16H23NO3. The number of aliphatic hydroxyl groups excluding tert-OH is 1. The monoisotopic (exact) mass is 277 g/mol. The van der Waals surface area contributed by atoms with Crippen LogP contribution in [0.3, 0.4) is 0 Å². The summed E-state index contributed by atoms with van der Waals surface area (Å²) in [5, 5.41) is 10.3. The topological polar surface area (TPSA) is 53.7 Å². The molecule has 20 heavy (non-hydrogen) atoms. The maximum absolute atomic E-state index is 12.6. The molecule has 0 aromatic carbocycles. The molecule has 3 atom stereocenters. The lowest BCUT2D eigenvalue weighted by Gasteiger charge is -2.43. The van der Waals surface area contributed by atoms with E-state index in [-0.39, 0.29) is 24.0 Å². The molecule has 110 valence electrons. The number of amides is 1. The molecule has 2 fully saturated rings. The fraction of sp³-hybridized carbons (Fsp3) is 0.688. The van der Waals surface area contributed by atoms with Gasteiger partial charge in [-0.3, -0.25) is 4.79 Å². The summed E-state index contributed by atoms with van der Waals surface area (Å²) in [6, 6.07) is 1.92. The van der Waals surface area contributed by atoms with E-state index >= 15 is 0 Å². The van der Waals surface area contributed by atoms with Crippen molar-refractivity contribution in [3.8, 4) is 0 Å². The van der Waals surface area contributed by atoms with Gasteiger partial charge in [0, 0.05) is 18.5 Å². The Balaban J connectivity index is 1.78. The molecule has 1 amide bonds. The fourth-order valence-corrected chi connectivity index (χ4v) is 3.80. The van der Waals surface area contributed by atoms with Crippen LogP contribution < -0.4 is 0 Å². The second kappa shape index (κ2) is 6.00. The van der Waals surface area contributed by atoms with Crippen molar-refractivity contribution < 1.29 is 14.3 Å². The molecule has 1 saturated heterocycles. The number of hydrogen-bond acceptors (Lipinski definition) is 3. The summed E-state index contributed by atoms with van der Waals surface area (Å²) in [4.78, 5) is 14.6. The minimum atomic E-state index is -0.244. The first-order valence-corrected chi connectivity index (χ1v) is 7.78. The standard InChI is InChI=1S/C16H23NO3/c18-15-7-2-1-5-13(15)14-6-3-4-9-17(14)16(19)12-8-10-20-11-12/h8,10-11,13-15,18H,1-7,9H2. The van der Waals surface area contributed by atoms with E-state index in [2.05, 4.69) is 0 Å². The molecule has 4 nitrogen and oxygen atoms in total. The van der Waals surface area contributed by atoms with Gasteiger partial charge in [0.25, 0.3) is 5.91 Å². The number of aliphatic hydroxyl groups is 1. The minimum Gasteiger partial charge on any atom is -0.472 e. The summed E-state index contributed by atoms with van der Waals surface area (Å²) in [7, 11) is 0. The molecular weight excluding hydrogens is 254 g/mol. The van der Waals surface area contributed by atoms with Gasteiger partial charge in [-0.15, -0.1) is 0 Å². The molecule has 0 spiro atoms. The van der Waals surface area contributed by atoms with Crippen molar-refractivity contribution in [3.05, 3.63) is 24.2 Å². The van der Waals surface area contributed by atoms with Gasteiger partial charge in [-0.1, -0.05) is 12.8 Å². The van der Waals surface area contributed by atoms with E-state index < -0.39 is 0 Å². The molecule has 3 rings (SSSR count). The van der Waals surface area contributed by atoms with Crippen LogP contribution in [0.25, 0.3) is 0 Å². The quantitative estimate of drug-likeness (QED) is 0.904. The van der Waals surface area contributed by atoms with Gasteiger partial charge < -0.3 is 14.4 Å². The van der Waals surface area contributed by atoms with Crippen molar-refractivity contribution in [2.45, 2.75) is 57.1 Å². The lowest BCUT2D eigenvalue weighted by molar-refractivity contribution is -0.00130. The summed E-state index contributed by atoms with van der Waals surface area (Å²) in [5.41, 5.74) is 0.627. The Bertz CT molecular complexity index is 443. The third-order valence-corrected chi connectivity index (χ3v) is 4.85. The average molecular weight is 277 g/mol. The molecule has 1 N–H and O–H groups in total. The second-order valence-electron chi connectivity index (χ2n) is 6.09. The number of hydrogen-bond donors (Lipinski definition) is 1. The number of carbonyl (C=O) groups excluding carboxylic acids is 1. The number of likely N-dealkylation sites (tertiary alicyclic amines) is 1. The van der Waals surface area contributed by atoms with Gasteiger partial charge in [-0.2, -0.15) is 0 Å². The van der Waals surface area contributed by atoms with E-state index in [1.54, 1.807) is 12.3 Å². The molecule has 1 aliphatic carbocycles. The van der Waals surface area contributed by atoms with Gasteiger partial charge in [-0.05, 0) is 38.2 Å².